The Morgan fingerprint density at radius 3 is 1.95 bits per heavy atom. The molecule has 0 unspecified atom stereocenters. The molecule has 0 aliphatic heterocycles. The van der Waals surface area contributed by atoms with Gasteiger partial charge < -0.3 is 14.2 Å². The quantitative estimate of drug-likeness (QED) is 0.846. The molecule has 0 saturated carbocycles. The summed E-state index contributed by atoms with van der Waals surface area (Å²) in [4.78, 5) is 0. The zero-order valence-electron chi connectivity index (χ0n) is 11.1. The maximum atomic E-state index is 5.42. The summed E-state index contributed by atoms with van der Waals surface area (Å²) >= 11 is 3.56. The Hall–Kier alpha value is -1.68. The third-order valence-corrected chi connectivity index (χ3v) is 3.53. The van der Waals surface area contributed by atoms with Gasteiger partial charge in [0, 0.05) is 10.0 Å². The van der Waals surface area contributed by atoms with Gasteiger partial charge >= 0.3 is 0 Å². The third kappa shape index (κ3) is 2.68. The van der Waals surface area contributed by atoms with E-state index in [-0.39, 0.29) is 0 Å². The van der Waals surface area contributed by atoms with E-state index in [2.05, 4.69) is 15.9 Å². The van der Waals surface area contributed by atoms with Crippen molar-refractivity contribution in [3.8, 4) is 28.4 Å². The zero-order chi connectivity index (χ0) is 13.8. The second-order valence-electron chi connectivity index (χ2n) is 3.88. The minimum Gasteiger partial charge on any atom is -0.497 e. The highest BCUT2D eigenvalue weighted by Gasteiger charge is 2.15. The summed E-state index contributed by atoms with van der Waals surface area (Å²) in [6.45, 7) is 0. The zero-order valence-corrected chi connectivity index (χ0v) is 12.7. The SMILES string of the molecule is COc1ccc(-c2c(OC)cccc2OC)c(Br)c1. The van der Waals surface area contributed by atoms with Gasteiger partial charge in [-0.15, -0.1) is 0 Å². The van der Waals surface area contributed by atoms with E-state index in [9.17, 15) is 0 Å². The van der Waals surface area contributed by atoms with Crippen molar-refractivity contribution in [3.63, 3.8) is 0 Å². The number of ether oxygens (including phenoxy) is 3. The van der Waals surface area contributed by atoms with Crippen LogP contribution in [0.5, 0.6) is 17.2 Å². The summed E-state index contributed by atoms with van der Waals surface area (Å²) in [5.41, 5.74) is 1.91. The Balaban J connectivity index is 2.63. The second kappa shape index (κ2) is 5.97. The lowest BCUT2D eigenvalue weighted by molar-refractivity contribution is 0.397. The normalized spacial score (nSPS) is 10.1. The molecule has 2 aromatic rings. The Bertz CT molecular complexity index is 559. The van der Waals surface area contributed by atoms with Crippen LogP contribution in [0.3, 0.4) is 0 Å². The molecule has 0 saturated heterocycles. The molecule has 0 bridgehead atoms. The highest BCUT2D eigenvalue weighted by Crippen LogP contribution is 2.42. The molecule has 2 aromatic carbocycles. The van der Waals surface area contributed by atoms with Crippen molar-refractivity contribution in [2.24, 2.45) is 0 Å². The molecule has 0 radical (unpaired) electrons. The number of hydrogen-bond donors (Lipinski definition) is 0. The van der Waals surface area contributed by atoms with Crippen LogP contribution in [-0.2, 0) is 0 Å². The summed E-state index contributed by atoms with van der Waals surface area (Å²) in [5.74, 6) is 2.33. The predicted molar refractivity (Wildman–Crippen MR) is 79.2 cm³/mol. The first-order valence-corrected chi connectivity index (χ1v) is 6.55. The summed E-state index contributed by atoms with van der Waals surface area (Å²) < 4.78 is 17.0. The van der Waals surface area contributed by atoms with Crippen LogP contribution in [-0.4, -0.2) is 21.3 Å². The first-order valence-electron chi connectivity index (χ1n) is 5.76. The van der Waals surface area contributed by atoms with Crippen molar-refractivity contribution in [2.45, 2.75) is 0 Å². The maximum Gasteiger partial charge on any atom is 0.130 e. The average molecular weight is 323 g/mol. The predicted octanol–water partition coefficient (Wildman–Crippen LogP) is 4.14. The van der Waals surface area contributed by atoms with Gasteiger partial charge in [0.2, 0.25) is 0 Å². The first kappa shape index (κ1) is 13.7. The summed E-state index contributed by atoms with van der Waals surface area (Å²) in [6.07, 6.45) is 0. The van der Waals surface area contributed by atoms with Crippen LogP contribution in [0.1, 0.15) is 0 Å². The molecule has 100 valence electrons. The van der Waals surface area contributed by atoms with E-state index in [1.165, 1.54) is 0 Å². The molecular formula is C15H15BrO3. The van der Waals surface area contributed by atoms with Crippen molar-refractivity contribution < 1.29 is 14.2 Å². The van der Waals surface area contributed by atoms with Crippen LogP contribution < -0.4 is 14.2 Å². The molecule has 19 heavy (non-hydrogen) atoms. The fourth-order valence-electron chi connectivity index (χ4n) is 1.94. The van der Waals surface area contributed by atoms with Crippen molar-refractivity contribution in [1.82, 2.24) is 0 Å². The van der Waals surface area contributed by atoms with Gasteiger partial charge in [0.25, 0.3) is 0 Å². The van der Waals surface area contributed by atoms with E-state index in [4.69, 9.17) is 14.2 Å². The van der Waals surface area contributed by atoms with Crippen LogP contribution >= 0.6 is 15.9 Å². The molecule has 0 aromatic heterocycles. The molecule has 0 aliphatic rings. The highest BCUT2D eigenvalue weighted by atomic mass is 79.9. The molecule has 0 N–H and O–H groups in total. The third-order valence-electron chi connectivity index (χ3n) is 2.87. The van der Waals surface area contributed by atoms with E-state index in [1.807, 2.05) is 36.4 Å². The van der Waals surface area contributed by atoms with Gasteiger partial charge in [-0.1, -0.05) is 22.0 Å². The summed E-state index contributed by atoms with van der Waals surface area (Å²) in [6, 6.07) is 11.5. The summed E-state index contributed by atoms with van der Waals surface area (Å²) in [5, 5.41) is 0. The van der Waals surface area contributed by atoms with Crippen molar-refractivity contribution in [3.05, 3.63) is 40.9 Å². The van der Waals surface area contributed by atoms with Crippen LogP contribution in [0, 0.1) is 0 Å². The van der Waals surface area contributed by atoms with Crippen molar-refractivity contribution >= 4 is 15.9 Å². The minimum atomic E-state index is 0.769. The molecule has 3 nitrogen and oxygen atoms in total. The number of hydrogen-bond acceptors (Lipinski definition) is 3. The molecule has 4 heteroatoms. The molecule has 0 aliphatic carbocycles. The van der Waals surface area contributed by atoms with E-state index >= 15 is 0 Å². The van der Waals surface area contributed by atoms with Gasteiger partial charge in [-0.25, -0.2) is 0 Å². The molecule has 0 atom stereocenters. The molecule has 0 amide bonds. The Kier molecular flexibility index (Phi) is 4.32. The van der Waals surface area contributed by atoms with Crippen molar-refractivity contribution in [2.75, 3.05) is 21.3 Å². The van der Waals surface area contributed by atoms with Crippen molar-refractivity contribution in [1.29, 1.82) is 0 Å². The van der Waals surface area contributed by atoms with Crippen LogP contribution in [0.2, 0.25) is 0 Å². The van der Waals surface area contributed by atoms with Gasteiger partial charge in [0.15, 0.2) is 0 Å². The van der Waals surface area contributed by atoms with E-state index in [0.717, 1.165) is 32.8 Å². The lowest BCUT2D eigenvalue weighted by atomic mass is 10.0. The largest absolute Gasteiger partial charge is 0.497 e. The Morgan fingerprint density at radius 1 is 0.842 bits per heavy atom. The van der Waals surface area contributed by atoms with Crippen LogP contribution in [0.15, 0.2) is 40.9 Å². The fraction of sp³-hybridized carbons (Fsp3) is 0.200. The average Bonchev–Trinajstić information content (AvgIpc) is 2.46. The lowest BCUT2D eigenvalue weighted by Gasteiger charge is -2.15. The highest BCUT2D eigenvalue weighted by molar-refractivity contribution is 9.10. The number of rotatable bonds is 4. The molecule has 0 heterocycles. The van der Waals surface area contributed by atoms with Gasteiger partial charge in [0.05, 0.1) is 26.9 Å². The lowest BCUT2D eigenvalue weighted by Crippen LogP contribution is -1.94. The Morgan fingerprint density at radius 2 is 1.47 bits per heavy atom. The summed E-state index contributed by atoms with van der Waals surface area (Å²) in [7, 11) is 4.94. The van der Waals surface area contributed by atoms with Gasteiger partial charge in [-0.2, -0.15) is 0 Å². The number of benzene rings is 2. The molecule has 0 spiro atoms. The monoisotopic (exact) mass is 322 g/mol. The maximum absolute atomic E-state index is 5.42. The standard InChI is InChI=1S/C15H15BrO3/c1-17-10-7-8-11(12(16)9-10)15-13(18-2)5-4-6-14(15)19-3/h4-9H,1-3H3. The number of methoxy groups -OCH3 is 3. The molecular weight excluding hydrogens is 308 g/mol. The fourth-order valence-corrected chi connectivity index (χ4v) is 2.50. The molecule has 2 rings (SSSR count). The Labute approximate surface area is 121 Å². The first-order chi connectivity index (χ1) is 9.21. The van der Waals surface area contributed by atoms with Crippen LogP contribution in [0.25, 0.3) is 11.1 Å². The van der Waals surface area contributed by atoms with Gasteiger partial charge in [0.1, 0.15) is 17.2 Å². The number of halogens is 1. The van der Waals surface area contributed by atoms with Gasteiger partial charge in [-0.3, -0.25) is 0 Å². The smallest absolute Gasteiger partial charge is 0.130 e. The second-order valence-corrected chi connectivity index (χ2v) is 4.74. The van der Waals surface area contributed by atoms with E-state index < -0.39 is 0 Å². The topological polar surface area (TPSA) is 27.7 Å². The van der Waals surface area contributed by atoms with E-state index in [1.54, 1.807) is 21.3 Å². The van der Waals surface area contributed by atoms with Gasteiger partial charge in [-0.05, 0) is 30.3 Å². The van der Waals surface area contributed by atoms with E-state index in [0.29, 0.717) is 0 Å². The molecule has 0 fully saturated rings. The minimum absolute atomic E-state index is 0.769. The van der Waals surface area contributed by atoms with Crippen LogP contribution in [0.4, 0.5) is 0 Å².